The lowest BCUT2D eigenvalue weighted by molar-refractivity contribution is 1.19. The van der Waals surface area contributed by atoms with Crippen LogP contribution >= 0.6 is 0 Å². The van der Waals surface area contributed by atoms with Crippen molar-refractivity contribution in [1.82, 2.24) is 4.57 Å². The van der Waals surface area contributed by atoms with Gasteiger partial charge in [-0.15, -0.1) is 0 Å². The molecule has 2 heteroatoms. The third kappa shape index (κ3) is 5.53. The fourth-order valence-corrected chi connectivity index (χ4v) is 8.01. The first-order valence-corrected chi connectivity index (χ1v) is 18.5. The molecule has 1 heterocycles. The van der Waals surface area contributed by atoms with Gasteiger partial charge in [0.1, 0.15) is 0 Å². The van der Waals surface area contributed by atoms with Gasteiger partial charge in [-0.2, -0.15) is 0 Å². The van der Waals surface area contributed by atoms with E-state index >= 15 is 0 Å². The van der Waals surface area contributed by atoms with Gasteiger partial charge in [0.15, 0.2) is 0 Å². The molecule has 0 bridgehead atoms. The first-order valence-electron chi connectivity index (χ1n) is 18.5. The standard InChI is InChI=1S/C52H36N2/c1-5-15-37(16-6-1)38-25-32-46(33-26-38)54-50-36-41(39-27-30-45(31-28-39)53(43-20-9-3-10-21-43)44-22-11-4-12-23-44)29-34-48(50)51-49(40-17-7-2-8-18-40)35-42-19-13-14-24-47(42)52(51)54/h1-36H. The van der Waals surface area contributed by atoms with E-state index < -0.39 is 0 Å². The largest absolute Gasteiger partial charge is 0.311 e. The van der Waals surface area contributed by atoms with Gasteiger partial charge < -0.3 is 9.47 Å². The second kappa shape index (κ2) is 13.4. The summed E-state index contributed by atoms with van der Waals surface area (Å²) in [5, 5.41) is 4.97. The first kappa shape index (κ1) is 31.6. The molecule has 0 saturated carbocycles. The van der Waals surface area contributed by atoms with Gasteiger partial charge in [-0.05, 0) is 99.4 Å². The molecule has 0 aliphatic heterocycles. The van der Waals surface area contributed by atoms with E-state index in [0.717, 1.165) is 22.7 Å². The third-order valence-corrected chi connectivity index (χ3v) is 10.6. The number of hydrogen-bond donors (Lipinski definition) is 0. The van der Waals surface area contributed by atoms with Crippen molar-refractivity contribution in [3.63, 3.8) is 0 Å². The predicted octanol–water partition coefficient (Wildman–Crippen LogP) is 14.4. The molecule has 0 N–H and O–H groups in total. The van der Waals surface area contributed by atoms with Crippen LogP contribution in [0.3, 0.4) is 0 Å². The zero-order valence-electron chi connectivity index (χ0n) is 29.7. The minimum absolute atomic E-state index is 1.11. The monoisotopic (exact) mass is 688 g/mol. The van der Waals surface area contributed by atoms with Crippen LogP contribution in [0.15, 0.2) is 218 Å². The normalized spacial score (nSPS) is 11.3. The van der Waals surface area contributed by atoms with Crippen molar-refractivity contribution >= 4 is 49.6 Å². The van der Waals surface area contributed by atoms with Gasteiger partial charge in [-0.25, -0.2) is 0 Å². The number of aromatic nitrogens is 1. The first-order chi connectivity index (χ1) is 26.8. The van der Waals surface area contributed by atoms with E-state index in [1.54, 1.807) is 0 Å². The number of benzene rings is 9. The van der Waals surface area contributed by atoms with Crippen molar-refractivity contribution in [3.8, 4) is 39.1 Å². The highest BCUT2D eigenvalue weighted by Crippen LogP contribution is 2.44. The number of fused-ring (bicyclic) bond motifs is 5. The van der Waals surface area contributed by atoms with Crippen molar-refractivity contribution in [3.05, 3.63) is 218 Å². The summed E-state index contributed by atoms with van der Waals surface area (Å²) in [7, 11) is 0. The maximum atomic E-state index is 2.48. The molecule has 0 amide bonds. The Kier molecular flexibility index (Phi) is 7.85. The van der Waals surface area contributed by atoms with Gasteiger partial charge in [-0.3, -0.25) is 0 Å². The summed E-state index contributed by atoms with van der Waals surface area (Å²) in [6.45, 7) is 0. The maximum absolute atomic E-state index is 2.48. The van der Waals surface area contributed by atoms with Crippen LogP contribution in [0, 0.1) is 0 Å². The average molecular weight is 689 g/mol. The van der Waals surface area contributed by atoms with E-state index in [1.165, 1.54) is 66.0 Å². The smallest absolute Gasteiger partial charge is 0.0625 e. The fraction of sp³-hybridized carbons (Fsp3) is 0. The minimum Gasteiger partial charge on any atom is -0.311 e. The number of para-hydroxylation sites is 2. The highest BCUT2D eigenvalue weighted by Gasteiger charge is 2.20. The molecule has 0 saturated heterocycles. The van der Waals surface area contributed by atoms with Crippen molar-refractivity contribution in [2.45, 2.75) is 0 Å². The summed E-state index contributed by atoms with van der Waals surface area (Å²) >= 11 is 0. The minimum atomic E-state index is 1.11. The lowest BCUT2D eigenvalue weighted by Crippen LogP contribution is -2.09. The van der Waals surface area contributed by atoms with E-state index in [0.29, 0.717) is 0 Å². The Morgan fingerprint density at radius 2 is 0.815 bits per heavy atom. The molecule has 0 aliphatic rings. The lowest BCUT2D eigenvalue weighted by Gasteiger charge is -2.25. The van der Waals surface area contributed by atoms with Crippen LogP contribution in [0.1, 0.15) is 0 Å². The molecule has 54 heavy (non-hydrogen) atoms. The van der Waals surface area contributed by atoms with Gasteiger partial charge >= 0.3 is 0 Å². The zero-order chi connectivity index (χ0) is 35.8. The van der Waals surface area contributed by atoms with Gasteiger partial charge in [0.2, 0.25) is 0 Å². The molecule has 0 fully saturated rings. The van der Waals surface area contributed by atoms with Crippen molar-refractivity contribution in [1.29, 1.82) is 0 Å². The van der Waals surface area contributed by atoms with Crippen LogP contribution in [0.5, 0.6) is 0 Å². The Morgan fingerprint density at radius 3 is 1.46 bits per heavy atom. The number of nitrogens with zero attached hydrogens (tertiary/aromatic N) is 2. The second-order valence-corrected chi connectivity index (χ2v) is 13.8. The molecule has 1 aromatic heterocycles. The van der Waals surface area contributed by atoms with Crippen molar-refractivity contribution < 1.29 is 0 Å². The quantitative estimate of drug-likeness (QED) is 0.162. The number of anilines is 3. The summed E-state index contributed by atoms with van der Waals surface area (Å²) < 4.78 is 2.48. The van der Waals surface area contributed by atoms with Gasteiger partial charge in [-0.1, -0.05) is 158 Å². The predicted molar refractivity (Wildman–Crippen MR) is 229 cm³/mol. The molecule has 0 spiro atoms. The van der Waals surface area contributed by atoms with E-state index in [1.807, 2.05) is 0 Å². The Balaban J connectivity index is 1.18. The Hall–Kier alpha value is -7.16. The van der Waals surface area contributed by atoms with E-state index in [9.17, 15) is 0 Å². The molecule has 0 radical (unpaired) electrons. The maximum Gasteiger partial charge on any atom is 0.0625 e. The molecule has 0 atom stereocenters. The van der Waals surface area contributed by atoms with E-state index in [-0.39, 0.29) is 0 Å². The van der Waals surface area contributed by atoms with Crippen LogP contribution in [0.2, 0.25) is 0 Å². The molecule has 2 nitrogen and oxygen atoms in total. The van der Waals surface area contributed by atoms with Crippen LogP contribution in [0.25, 0.3) is 71.6 Å². The van der Waals surface area contributed by atoms with Gasteiger partial charge in [0.25, 0.3) is 0 Å². The van der Waals surface area contributed by atoms with Crippen molar-refractivity contribution in [2.24, 2.45) is 0 Å². The number of rotatable bonds is 7. The molecule has 10 aromatic rings. The van der Waals surface area contributed by atoms with Crippen LogP contribution in [-0.4, -0.2) is 4.57 Å². The summed E-state index contributed by atoms with van der Waals surface area (Å²) in [6.07, 6.45) is 0. The summed E-state index contributed by atoms with van der Waals surface area (Å²) in [4.78, 5) is 2.31. The Bertz CT molecular complexity index is 2840. The molecule has 9 aromatic carbocycles. The van der Waals surface area contributed by atoms with Gasteiger partial charge in [0, 0.05) is 38.9 Å². The highest BCUT2D eigenvalue weighted by molar-refractivity contribution is 6.24. The lowest BCUT2D eigenvalue weighted by atomic mass is 9.94. The van der Waals surface area contributed by atoms with Crippen LogP contribution in [0.4, 0.5) is 17.1 Å². The molecule has 254 valence electrons. The summed E-state index contributed by atoms with van der Waals surface area (Å²) in [5.41, 5.74) is 14.1. The topological polar surface area (TPSA) is 8.17 Å². The SMILES string of the molecule is c1ccc(-c2ccc(-n3c4cc(-c5ccc(N(c6ccccc6)c6ccccc6)cc5)ccc4c4c(-c5ccccc5)cc5ccccc5c43)cc2)cc1. The Morgan fingerprint density at radius 1 is 0.333 bits per heavy atom. The van der Waals surface area contributed by atoms with E-state index in [2.05, 4.69) is 228 Å². The van der Waals surface area contributed by atoms with Crippen molar-refractivity contribution in [2.75, 3.05) is 4.90 Å². The zero-order valence-corrected chi connectivity index (χ0v) is 29.7. The fourth-order valence-electron chi connectivity index (χ4n) is 8.01. The van der Waals surface area contributed by atoms with Crippen LogP contribution < -0.4 is 4.90 Å². The summed E-state index contributed by atoms with van der Waals surface area (Å²) in [5.74, 6) is 0. The molecular weight excluding hydrogens is 653 g/mol. The molecule has 10 rings (SSSR count). The second-order valence-electron chi connectivity index (χ2n) is 13.8. The Labute approximate surface area is 315 Å². The van der Waals surface area contributed by atoms with E-state index in [4.69, 9.17) is 0 Å². The molecule has 0 aliphatic carbocycles. The molecule has 0 unspecified atom stereocenters. The average Bonchev–Trinajstić information content (AvgIpc) is 3.60. The highest BCUT2D eigenvalue weighted by atomic mass is 15.1. The summed E-state index contributed by atoms with van der Waals surface area (Å²) in [6, 6.07) is 78.8. The van der Waals surface area contributed by atoms with Crippen LogP contribution in [-0.2, 0) is 0 Å². The number of hydrogen-bond acceptors (Lipinski definition) is 1. The molecular formula is C52H36N2. The van der Waals surface area contributed by atoms with Gasteiger partial charge in [0.05, 0.1) is 11.0 Å². The third-order valence-electron chi connectivity index (χ3n) is 10.6.